The van der Waals surface area contributed by atoms with Crippen molar-refractivity contribution in [2.75, 3.05) is 6.61 Å². The molecule has 96 valence electrons. The van der Waals surface area contributed by atoms with Gasteiger partial charge in [0.15, 0.2) is 0 Å². The maximum absolute atomic E-state index is 12.2. The van der Waals surface area contributed by atoms with Crippen molar-refractivity contribution in [2.45, 2.75) is 24.3 Å². The number of rotatable bonds is 4. The Labute approximate surface area is 115 Å². The topological polar surface area (TPSA) is 9.23 Å². The van der Waals surface area contributed by atoms with Gasteiger partial charge in [0.2, 0.25) is 0 Å². The SMILES string of the molecule is CCOc1ccc(C(Br)CC(F)(F)F)cc1Br. The van der Waals surface area contributed by atoms with Crippen LogP contribution < -0.4 is 4.74 Å². The van der Waals surface area contributed by atoms with Crippen LogP contribution >= 0.6 is 31.9 Å². The van der Waals surface area contributed by atoms with Crippen molar-refractivity contribution in [1.29, 1.82) is 0 Å². The maximum Gasteiger partial charge on any atom is 0.390 e. The molecule has 0 aliphatic heterocycles. The summed E-state index contributed by atoms with van der Waals surface area (Å²) in [5, 5.41) is 0. The van der Waals surface area contributed by atoms with Gasteiger partial charge in [0.1, 0.15) is 5.75 Å². The maximum atomic E-state index is 12.2. The number of hydrogen-bond acceptors (Lipinski definition) is 1. The van der Waals surface area contributed by atoms with E-state index in [-0.39, 0.29) is 0 Å². The van der Waals surface area contributed by atoms with Crippen molar-refractivity contribution in [3.05, 3.63) is 28.2 Å². The Hall–Kier alpha value is -0.230. The molecule has 0 fully saturated rings. The van der Waals surface area contributed by atoms with Crippen LogP contribution in [0.25, 0.3) is 0 Å². The molecule has 6 heteroatoms. The zero-order chi connectivity index (χ0) is 13.1. The first-order valence-corrected chi connectivity index (χ1v) is 6.67. The fraction of sp³-hybridized carbons (Fsp3) is 0.455. The Bertz CT molecular complexity index is 379. The van der Waals surface area contributed by atoms with Gasteiger partial charge in [0, 0.05) is 4.83 Å². The van der Waals surface area contributed by atoms with E-state index >= 15 is 0 Å². The van der Waals surface area contributed by atoms with Crippen molar-refractivity contribution in [2.24, 2.45) is 0 Å². The van der Waals surface area contributed by atoms with E-state index in [0.717, 1.165) is 0 Å². The third-order valence-electron chi connectivity index (χ3n) is 2.03. The van der Waals surface area contributed by atoms with Crippen LogP contribution in [0, 0.1) is 0 Å². The quantitative estimate of drug-likeness (QED) is 0.654. The Morgan fingerprint density at radius 1 is 1.35 bits per heavy atom. The van der Waals surface area contributed by atoms with Gasteiger partial charge in [-0.25, -0.2) is 0 Å². The largest absolute Gasteiger partial charge is 0.493 e. The van der Waals surface area contributed by atoms with E-state index in [9.17, 15) is 13.2 Å². The summed E-state index contributed by atoms with van der Waals surface area (Å²) in [6, 6.07) is 4.92. The highest BCUT2D eigenvalue weighted by molar-refractivity contribution is 9.10. The van der Waals surface area contributed by atoms with Crippen LogP contribution in [0.3, 0.4) is 0 Å². The van der Waals surface area contributed by atoms with Gasteiger partial charge in [-0.15, -0.1) is 0 Å². The monoisotopic (exact) mass is 374 g/mol. The van der Waals surface area contributed by atoms with Crippen LogP contribution in [0.4, 0.5) is 13.2 Å². The molecule has 0 bridgehead atoms. The van der Waals surface area contributed by atoms with E-state index in [2.05, 4.69) is 31.9 Å². The fourth-order valence-electron chi connectivity index (χ4n) is 1.31. The standard InChI is InChI=1S/C11H11Br2F3O/c1-2-17-10-4-3-7(5-8(10)12)9(13)6-11(14,15)16/h3-5,9H,2,6H2,1H3. The number of alkyl halides is 4. The zero-order valence-corrected chi connectivity index (χ0v) is 12.2. The predicted octanol–water partition coefficient (Wildman–Crippen LogP) is 5.24. The second-order valence-corrected chi connectivity index (χ2v) is 5.37. The van der Waals surface area contributed by atoms with E-state index in [1.165, 1.54) is 0 Å². The summed E-state index contributed by atoms with van der Waals surface area (Å²) in [5.74, 6) is 0.628. The molecule has 1 aromatic rings. The van der Waals surface area contributed by atoms with Gasteiger partial charge in [-0.05, 0) is 40.5 Å². The van der Waals surface area contributed by atoms with E-state index in [0.29, 0.717) is 22.4 Å². The lowest BCUT2D eigenvalue weighted by atomic mass is 10.1. The molecule has 0 amide bonds. The first-order chi connectivity index (χ1) is 7.83. The molecule has 0 aliphatic rings. The van der Waals surface area contributed by atoms with E-state index in [1.807, 2.05) is 6.92 Å². The van der Waals surface area contributed by atoms with E-state index in [4.69, 9.17) is 4.74 Å². The molecular weight excluding hydrogens is 365 g/mol. The number of benzene rings is 1. The fourth-order valence-corrected chi connectivity index (χ4v) is 2.47. The summed E-state index contributed by atoms with van der Waals surface area (Å²) in [4.78, 5) is -0.741. The average molecular weight is 376 g/mol. The summed E-state index contributed by atoms with van der Waals surface area (Å²) in [6.07, 6.45) is -5.08. The lowest BCUT2D eigenvalue weighted by Crippen LogP contribution is -2.10. The van der Waals surface area contributed by atoms with Crippen molar-refractivity contribution in [1.82, 2.24) is 0 Å². The second kappa shape index (κ2) is 6.09. The Morgan fingerprint density at radius 2 is 2.00 bits per heavy atom. The van der Waals surface area contributed by atoms with Gasteiger partial charge in [-0.1, -0.05) is 22.0 Å². The van der Waals surface area contributed by atoms with Gasteiger partial charge >= 0.3 is 6.18 Å². The highest BCUT2D eigenvalue weighted by Crippen LogP contribution is 2.38. The highest BCUT2D eigenvalue weighted by atomic mass is 79.9. The van der Waals surface area contributed by atoms with Gasteiger partial charge in [0.05, 0.1) is 17.5 Å². The lowest BCUT2D eigenvalue weighted by molar-refractivity contribution is -0.134. The average Bonchev–Trinajstić information content (AvgIpc) is 2.18. The van der Waals surface area contributed by atoms with Gasteiger partial charge in [-0.2, -0.15) is 13.2 Å². The highest BCUT2D eigenvalue weighted by Gasteiger charge is 2.31. The van der Waals surface area contributed by atoms with Crippen molar-refractivity contribution < 1.29 is 17.9 Å². The third kappa shape index (κ3) is 4.87. The van der Waals surface area contributed by atoms with Crippen molar-refractivity contribution >= 4 is 31.9 Å². The summed E-state index contributed by atoms with van der Waals surface area (Å²) >= 11 is 6.31. The van der Waals surface area contributed by atoms with E-state index < -0.39 is 17.4 Å². The second-order valence-electron chi connectivity index (χ2n) is 3.41. The molecule has 0 N–H and O–H groups in total. The van der Waals surface area contributed by atoms with E-state index in [1.54, 1.807) is 18.2 Å². The van der Waals surface area contributed by atoms with Crippen LogP contribution in [0.1, 0.15) is 23.7 Å². The Balaban J connectivity index is 2.82. The molecule has 0 spiro atoms. The molecule has 0 saturated carbocycles. The molecule has 0 aromatic heterocycles. The first-order valence-electron chi connectivity index (χ1n) is 4.96. The number of hydrogen-bond donors (Lipinski definition) is 0. The number of halogens is 5. The van der Waals surface area contributed by atoms with Gasteiger partial charge in [0.25, 0.3) is 0 Å². The van der Waals surface area contributed by atoms with Crippen LogP contribution in [-0.4, -0.2) is 12.8 Å². The normalized spacial score (nSPS) is 13.5. The minimum absolute atomic E-state index is 0.512. The molecule has 17 heavy (non-hydrogen) atoms. The van der Waals surface area contributed by atoms with Crippen molar-refractivity contribution in [3.63, 3.8) is 0 Å². The Morgan fingerprint density at radius 3 is 2.47 bits per heavy atom. The minimum Gasteiger partial charge on any atom is -0.493 e. The molecule has 0 saturated heterocycles. The summed E-state index contributed by atoms with van der Waals surface area (Å²) in [7, 11) is 0. The van der Waals surface area contributed by atoms with Gasteiger partial charge in [-0.3, -0.25) is 0 Å². The van der Waals surface area contributed by atoms with Crippen LogP contribution in [0.15, 0.2) is 22.7 Å². The zero-order valence-electron chi connectivity index (χ0n) is 9.02. The third-order valence-corrected chi connectivity index (χ3v) is 3.50. The molecule has 0 heterocycles. The number of ether oxygens (including phenoxy) is 1. The molecule has 1 aromatic carbocycles. The van der Waals surface area contributed by atoms with Crippen LogP contribution in [0.5, 0.6) is 5.75 Å². The molecule has 1 atom stereocenters. The Kier molecular flexibility index (Phi) is 5.31. The lowest BCUT2D eigenvalue weighted by Gasteiger charge is -2.14. The summed E-state index contributed by atoms with van der Waals surface area (Å²) < 4.78 is 42.6. The molecule has 1 nitrogen and oxygen atoms in total. The smallest absolute Gasteiger partial charge is 0.390 e. The predicted molar refractivity (Wildman–Crippen MR) is 67.7 cm³/mol. The van der Waals surface area contributed by atoms with Gasteiger partial charge < -0.3 is 4.74 Å². The summed E-state index contributed by atoms with van der Waals surface area (Å²) in [6.45, 7) is 2.36. The molecule has 1 rings (SSSR count). The molecule has 1 unspecified atom stereocenters. The molecular formula is C11H11Br2F3O. The van der Waals surface area contributed by atoms with Crippen LogP contribution in [0.2, 0.25) is 0 Å². The molecule has 0 radical (unpaired) electrons. The summed E-state index contributed by atoms with van der Waals surface area (Å²) in [5.41, 5.74) is 0.567. The van der Waals surface area contributed by atoms with Crippen LogP contribution in [-0.2, 0) is 0 Å². The minimum atomic E-state index is -4.18. The first kappa shape index (κ1) is 14.8. The van der Waals surface area contributed by atoms with Crippen molar-refractivity contribution in [3.8, 4) is 5.75 Å². The molecule has 0 aliphatic carbocycles.